The van der Waals surface area contributed by atoms with Gasteiger partial charge in [-0.15, -0.1) is 0 Å². The van der Waals surface area contributed by atoms with Crippen molar-refractivity contribution >= 4 is 45.0 Å². The van der Waals surface area contributed by atoms with Gasteiger partial charge >= 0.3 is 0 Å². The second-order valence-electron chi connectivity index (χ2n) is 8.39. The smallest absolute Gasteiger partial charge is 0.262 e. The second-order valence-corrected chi connectivity index (χ2v) is 9.30. The fourth-order valence-electron chi connectivity index (χ4n) is 3.90. The van der Waals surface area contributed by atoms with Gasteiger partial charge in [-0.2, -0.15) is 0 Å². The minimum Gasteiger partial charge on any atom is -0.484 e. The lowest BCUT2D eigenvalue weighted by Crippen LogP contribution is -2.34. The maximum absolute atomic E-state index is 13.9. The van der Waals surface area contributed by atoms with Crippen molar-refractivity contribution in [3.05, 3.63) is 88.6 Å². The molecule has 0 unspecified atom stereocenters. The first kappa shape index (κ1) is 25.4. The van der Waals surface area contributed by atoms with E-state index >= 15 is 0 Å². The van der Waals surface area contributed by atoms with Crippen molar-refractivity contribution in [1.29, 1.82) is 0 Å². The molecule has 0 aliphatic carbocycles. The van der Waals surface area contributed by atoms with Crippen molar-refractivity contribution in [2.75, 3.05) is 29.9 Å². The summed E-state index contributed by atoms with van der Waals surface area (Å²) in [5, 5.41) is 5.38. The normalized spacial score (nSPS) is 15.0. The molecule has 3 aromatic carbocycles. The molecule has 1 atom stereocenters. The largest absolute Gasteiger partial charge is 0.484 e. The van der Waals surface area contributed by atoms with Gasteiger partial charge in [-0.05, 0) is 54.4 Å². The Labute approximate surface area is 216 Å². The average Bonchev–Trinajstić information content (AvgIpc) is 3.27. The van der Waals surface area contributed by atoms with E-state index in [0.29, 0.717) is 29.0 Å². The highest BCUT2D eigenvalue weighted by molar-refractivity contribution is 9.10. The summed E-state index contributed by atoms with van der Waals surface area (Å²) in [4.78, 5) is 38.8. The first-order chi connectivity index (χ1) is 17.4. The molecule has 2 N–H and O–H groups in total. The molecule has 1 heterocycles. The molecule has 0 radical (unpaired) electrons. The van der Waals surface area contributed by atoms with Crippen LogP contribution in [0.15, 0.2) is 77.3 Å². The number of anilines is 2. The third-order valence-electron chi connectivity index (χ3n) is 5.78. The van der Waals surface area contributed by atoms with Crippen molar-refractivity contribution in [3.8, 4) is 5.75 Å². The zero-order chi connectivity index (χ0) is 25.5. The minimum atomic E-state index is -0.555. The number of hydrogen-bond donors (Lipinski definition) is 2. The summed E-state index contributed by atoms with van der Waals surface area (Å²) in [5.41, 5.74) is 1.85. The lowest BCUT2D eigenvalue weighted by molar-refractivity contribution is -0.126. The highest BCUT2D eigenvalue weighted by Gasteiger charge is 2.35. The first-order valence-electron chi connectivity index (χ1n) is 11.5. The van der Waals surface area contributed by atoms with Crippen LogP contribution in [0.1, 0.15) is 12.0 Å². The maximum atomic E-state index is 13.9. The van der Waals surface area contributed by atoms with Gasteiger partial charge in [0, 0.05) is 29.7 Å². The zero-order valence-corrected chi connectivity index (χ0v) is 21.0. The Morgan fingerprint density at radius 2 is 1.81 bits per heavy atom. The van der Waals surface area contributed by atoms with Crippen molar-refractivity contribution in [3.63, 3.8) is 0 Å². The van der Waals surface area contributed by atoms with Crippen LogP contribution >= 0.6 is 15.9 Å². The van der Waals surface area contributed by atoms with Gasteiger partial charge < -0.3 is 20.3 Å². The summed E-state index contributed by atoms with van der Waals surface area (Å²) < 4.78 is 19.9. The predicted octanol–water partition coefficient (Wildman–Crippen LogP) is 4.32. The van der Waals surface area contributed by atoms with Gasteiger partial charge in [0.05, 0.1) is 11.6 Å². The summed E-state index contributed by atoms with van der Waals surface area (Å²) in [7, 11) is 0. The van der Waals surface area contributed by atoms with E-state index in [2.05, 4.69) is 26.6 Å². The van der Waals surface area contributed by atoms with Crippen molar-refractivity contribution in [2.24, 2.45) is 5.92 Å². The maximum Gasteiger partial charge on any atom is 0.262 e. The van der Waals surface area contributed by atoms with Crippen LogP contribution in [-0.2, 0) is 20.8 Å². The number of amides is 3. The van der Waals surface area contributed by atoms with Gasteiger partial charge in [0.2, 0.25) is 11.8 Å². The number of carbonyl (C=O) groups is 3. The topological polar surface area (TPSA) is 87.7 Å². The van der Waals surface area contributed by atoms with Gasteiger partial charge in [0.15, 0.2) is 6.61 Å². The number of benzene rings is 3. The number of hydrogen-bond acceptors (Lipinski definition) is 4. The second kappa shape index (κ2) is 11.8. The number of halogens is 2. The van der Waals surface area contributed by atoms with Crippen LogP contribution in [0, 0.1) is 11.7 Å². The van der Waals surface area contributed by atoms with E-state index in [1.807, 2.05) is 30.3 Å². The van der Waals surface area contributed by atoms with Crippen molar-refractivity contribution in [2.45, 2.75) is 12.8 Å². The fourth-order valence-corrected chi connectivity index (χ4v) is 4.23. The molecule has 36 heavy (non-hydrogen) atoms. The number of nitrogens with one attached hydrogen (secondary N) is 2. The Kier molecular flexibility index (Phi) is 8.32. The van der Waals surface area contributed by atoms with E-state index in [-0.39, 0.29) is 30.5 Å². The molecule has 7 nitrogen and oxygen atoms in total. The van der Waals surface area contributed by atoms with Crippen LogP contribution in [-0.4, -0.2) is 37.4 Å². The molecule has 0 bridgehead atoms. The monoisotopic (exact) mass is 553 g/mol. The van der Waals surface area contributed by atoms with Gasteiger partial charge in [-0.25, -0.2) is 4.39 Å². The number of nitrogens with zero attached hydrogens (tertiary/aromatic N) is 1. The lowest BCUT2D eigenvalue weighted by atomic mass is 10.1. The van der Waals surface area contributed by atoms with Gasteiger partial charge in [-0.1, -0.05) is 46.3 Å². The standard InChI is InChI=1S/C27H25BrFN3O4/c28-20-6-11-24(23(29)15-20)31-25(33)17-36-22-9-7-21(8-10-22)32-16-19(14-26(32)34)27(35)30-13-12-18-4-2-1-3-5-18/h1-11,15,19H,12-14,16-17H2,(H,30,35)(H,31,33)/t19-/m0/s1. The number of rotatable bonds is 9. The fraction of sp³-hybridized carbons (Fsp3) is 0.222. The third-order valence-corrected chi connectivity index (χ3v) is 6.27. The molecule has 4 rings (SSSR count). The molecule has 1 fully saturated rings. The Morgan fingerprint density at radius 3 is 2.53 bits per heavy atom. The summed E-state index contributed by atoms with van der Waals surface area (Å²) in [5.74, 6) is -1.30. The molecule has 1 aliphatic heterocycles. The summed E-state index contributed by atoms with van der Waals surface area (Å²) in [6.45, 7) is 0.516. The van der Waals surface area contributed by atoms with E-state index < -0.39 is 17.6 Å². The minimum absolute atomic E-state index is 0.0633. The Morgan fingerprint density at radius 1 is 1.06 bits per heavy atom. The van der Waals surface area contributed by atoms with Crippen LogP contribution in [0.25, 0.3) is 0 Å². The van der Waals surface area contributed by atoms with E-state index in [1.165, 1.54) is 12.1 Å². The van der Waals surface area contributed by atoms with E-state index in [9.17, 15) is 18.8 Å². The molecular formula is C27H25BrFN3O4. The van der Waals surface area contributed by atoms with E-state index in [0.717, 1.165) is 12.0 Å². The summed E-state index contributed by atoms with van der Waals surface area (Å²) in [6, 6.07) is 20.9. The summed E-state index contributed by atoms with van der Waals surface area (Å²) in [6.07, 6.45) is 0.886. The molecule has 9 heteroatoms. The predicted molar refractivity (Wildman–Crippen MR) is 138 cm³/mol. The molecule has 3 aromatic rings. The molecule has 0 saturated carbocycles. The SMILES string of the molecule is O=C(COc1ccc(N2C[C@@H](C(=O)NCCc3ccccc3)CC2=O)cc1)Nc1ccc(Br)cc1F. The van der Waals surface area contributed by atoms with Gasteiger partial charge in [-0.3, -0.25) is 14.4 Å². The molecule has 0 aromatic heterocycles. The molecule has 3 amide bonds. The van der Waals surface area contributed by atoms with E-state index in [1.54, 1.807) is 35.2 Å². The quantitative estimate of drug-likeness (QED) is 0.413. The molecule has 186 valence electrons. The molecule has 1 aliphatic rings. The van der Waals surface area contributed by atoms with Gasteiger partial charge in [0.25, 0.3) is 5.91 Å². The summed E-state index contributed by atoms with van der Waals surface area (Å²) >= 11 is 3.16. The first-order valence-corrected chi connectivity index (χ1v) is 12.3. The highest BCUT2D eigenvalue weighted by Crippen LogP contribution is 2.27. The molecule has 1 saturated heterocycles. The van der Waals surface area contributed by atoms with Crippen molar-refractivity contribution < 1.29 is 23.5 Å². The zero-order valence-electron chi connectivity index (χ0n) is 19.4. The van der Waals surface area contributed by atoms with Crippen LogP contribution in [0.4, 0.5) is 15.8 Å². The van der Waals surface area contributed by atoms with E-state index in [4.69, 9.17) is 4.74 Å². The van der Waals surface area contributed by atoms with Gasteiger partial charge in [0.1, 0.15) is 11.6 Å². The Balaban J connectivity index is 1.24. The Bertz CT molecular complexity index is 1240. The lowest BCUT2D eigenvalue weighted by Gasteiger charge is -2.17. The average molecular weight is 554 g/mol. The number of ether oxygens (including phenoxy) is 1. The Hall–Kier alpha value is -3.72. The number of carbonyl (C=O) groups excluding carboxylic acids is 3. The van der Waals surface area contributed by atoms with Crippen LogP contribution < -0.4 is 20.3 Å². The van der Waals surface area contributed by atoms with Crippen LogP contribution in [0.3, 0.4) is 0 Å². The highest BCUT2D eigenvalue weighted by atomic mass is 79.9. The van der Waals surface area contributed by atoms with Crippen LogP contribution in [0.2, 0.25) is 0 Å². The molecular weight excluding hydrogens is 529 g/mol. The third kappa shape index (κ3) is 6.69. The van der Waals surface area contributed by atoms with Crippen LogP contribution in [0.5, 0.6) is 5.75 Å². The van der Waals surface area contributed by atoms with Crippen molar-refractivity contribution in [1.82, 2.24) is 5.32 Å². The molecule has 0 spiro atoms.